The van der Waals surface area contributed by atoms with Crippen molar-refractivity contribution in [3.63, 3.8) is 0 Å². The molecular formula is C22H28O19Y. The molecule has 0 heterocycles. The van der Waals surface area contributed by atoms with Gasteiger partial charge in [-0.15, -0.1) is 0 Å². The number of methoxy groups -OCH3 is 1. The monoisotopic (exact) mass is 685 g/mol. The van der Waals surface area contributed by atoms with Gasteiger partial charge >= 0.3 is 53.7 Å². The van der Waals surface area contributed by atoms with Crippen LogP contribution in [0.2, 0.25) is 0 Å². The van der Waals surface area contributed by atoms with Gasteiger partial charge in [0, 0.05) is 32.7 Å². The van der Waals surface area contributed by atoms with Crippen molar-refractivity contribution in [3.05, 3.63) is 0 Å². The number of ether oxygens (including phenoxy) is 9. The second kappa shape index (κ2) is 22.0. The number of carbonyl (C=O) groups excluding carboxylic acids is 9. The molecule has 0 aromatic carbocycles. The maximum absolute atomic E-state index is 12.0. The average molecular weight is 685 g/mol. The number of rotatable bonds is 17. The van der Waals surface area contributed by atoms with Gasteiger partial charge in [0.2, 0.25) is 13.6 Å². The van der Waals surface area contributed by atoms with Crippen LogP contribution in [0.4, 0.5) is 0 Å². The first kappa shape index (κ1) is 40.4. The van der Waals surface area contributed by atoms with E-state index >= 15 is 0 Å². The third kappa shape index (κ3) is 18.6. The standard InChI is InChI=1S/C22H28O19.Y/c1-11(20(30)33-4)40-22(32)13(3)41-21(31)12(2)39-19(29)7-18(28)38-10-37-17(27)6-16(26)36-9-35-15(25)5-14(24)34-8-23;/h11-13,23H,5-10H2,1-4H3;. The van der Waals surface area contributed by atoms with Crippen LogP contribution in [-0.2, 0) is 118 Å². The largest absolute Gasteiger partial charge is 0.466 e. The quantitative estimate of drug-likeness (QED) is 0.0731. The Morgan fingerprint density at radius 3 is 1.17 bits per heavy atom. The van der Waals surface area contributed by atoms with Crippen LogP contribution in [0.3, 0.4) is 0 Å². The molecule has 0 fully saturated rings. The number of aliphatic hydroxyl groups excluding tert-OH is 1. The normalized spacial score (nSPS) is 11.9. The number of hydrogen-bond donors (Lipinski definition) is 1. The molecule has 3 unspecified atom stereocenters. The van der Waals surface area contributed by atoms with E-state index in [4.69, 9.17) is 14.6 Å². The Labute approximate surface area is 262 Å². The van der Waals surface area contributed by atoms with Crippen molar-refractivity contribution in [1.29, 1.82) is 0 Å². The molecule has 233 valence electrons. The van der Waals surface area contributed by atoms with E-state index < -0.39 is 112 Å². The second-order valence-corrected chi connectivity index (χ2v) is 7.29. The summed E-state index contributed by atoms with van der Waals surface area (Å²) in [6, 6.07) is 0. The van der Waals surface area contributed by atoms with Crippen LogP contribution < -0.4 is 0 Å². The molecule has 0 aliphatic carbocycles. The zero-order valence-electron chi connectivity index (χ0n) is 22.8. The Morgan fingerprint density at radius 1 is 0.500 bits per heavy atom. The van der Waals surface area contributed by atoms with Crippen LogP contribution in [0.5, 0.6) is 0 Å². The molecule has 0 saturated carbocycles. The third-order valence-corrected chi connectivity index (χ3v) is 4.06. The van der Waals surface area contributed by atoms with E-state index in [1.807, 2.05) is 0 Å². The minimum atomic E-state index is -1.57. The van der Waals surface area contributed by atoms with E-state index in [1.165, 1.54) is 6.92 Å². The zero-order chi connectivity index (χ0) is 31.5. The minimum absolute atomic E-state index is 0. The molecule has 20 heteroatoms. The van der Waals surface area contributed by atoms with Crippen molar-refractivity contribution in [1.82, 2.24) is 0 Å². The summed E-state index contributed by atoms with van der Waals surface area (Å²) in [7, 11) is 1.08. The van der Waals surface area contributed by atoms with Crippen molar-refractivity contribution < 1.29 is 124 Å². The SMILES string of the molecule is COC(=O)C(C)OC(=O)C(C)OC(=O)C(C)OC(=O)CC(=O)OCOC(=O)CC(=O)OCOC(=O)CC(=O)OCO.[Y]. The molecule has 0 spiro atoms. The molecule has 3 atom stereocenters. The molecule has 0 aromatic rings. The molecule has 0 bridgehead atoms. The fourth-order valence-electron chi connectivity index (χ4n) is 2.09. The van der Waals surface area contributed by atoms with E-state index in [0.29, 0.717) is 0 Å². The van der Waals surface area contributed by atoms with Crippen LogP contribution in [0.25, 0.3) is 0 Å². The molecule has 0 aliphatic rings. The summed E-state index contributed by atoms with van der Waals surface area (Å²) in [6.45, 7) is 0.534. The molecule has 0 amide bonds. The van der Waals surface area contributed by atoms with E-state index in [1.54, 1.807) is 0 Å². The number of hydrogen-bond acceptors (Lipinski definition) is 19. The molecule has 19 nitrogen and oxygen atoms in total. The summed E-state index contributed by atoms with van der Waals surface area (Å²) < 4.78 is 40.3. The molecule has 0 aromatic heterocycles. The summed E-state index contributed by atoms with van der Waals surface area (Å²) in [5, 5.41) is 8.34. The topological polar surface area (TPSA) is 257 Å². The Balaban J connectivity index is 0. The third-order valence-electron chi connectivity index (χ3n) is 4.06. The maximum atomic E-state index is 12.0. The van der Waals surface area contributed by atoms with Crippen LogP contribution in [0, 0.1) is 0 Å². The summed E-state index contributed by atoms with van der Waals surface area (Å²) in [5.74, 6) is -10.3. The first-order valence-corrected chi connectivity index (χ1v) is 11.3. The Kier molecular flexibility index (Phi) is 21.1. The van der Waals surface area contributed by atoms with Gasteiger partial charge in [0.1, 0.15) is 19.3 Å². The van der Waals surface area contributed by atoms with Gasteiger partial charge in [-0.3, -0.25) is 28.8 Å². The summed E-state index contributed by atoms with van der Waals surface area (Å²) >= 11 is 0. The van der Waals surface area contributed by atoms with E-state index in [9.17, 15) is 43.2 Å². The predicted octanol–water partition coefficient (Wildman–Crippen LogP) is -2.30. The number of esters is 9. The average Bonchev–Trinajstić information content (AvgIpc) is 2.87. The number of carbonyl (C=O) groups is 9. The van der Waals surface area contributed by atoms with Gasteiger partial charge in [0.05, 0.1) is 7.11 Å². The molecule has 1 N–H and O–H groups in total. The van der Waals surface area contributed by atoms with E-state index in [-0.39, 0.29) is 32.7 Å². The first-order chi connectivity index (χ1) is 19.2. The Hall–Kier alpha value is -3.71. The molecule has 1 radical (unpaired) electrons. The van der Waals surface area contributed by atoms with E-state index in [0.717, 1.165) is 21.0 Å². The van der Waals surface area contributed by atoms with Gasteiger partial charge in [0.25, 0.3) is 0 Å². The van der Waals surface area contributed by atoms with Gasteiger partial charge < -0.3 is 47.7 Å². The molecule has 0 aliphatic heterocycles. The van der Waals surface area contributed by atoms with Crippen molar-refractivity contribution in [2.24, 2.45) is 0 Å². The second-order valence-electron chi connectivity index (χ2n) is 7.29. The zero-order valence-corrected chi connectivity index (χ0v) is 25.7. The Bertz CT molecular complexity index is 992. The predicted molar refractivity (Wildman–Crippen MR) is 120 cm³/mol. The minimum Gasteiger partial charge on any atom is -0.466 e. The van der Waals surface area contributed by atoms with Crippen molar-refractivity contribution >= 4 is 53.7 Å². The molecule has 0 saturated heterocycles. The van der Waals surface area contributed by atoms with Gasteiger partial charge in [-0.05, 0) is 20.8 Å². The number of aliphatic hydroxyl groups is 1. The van der Waals surface area contributed by atoms with Gasteiger partial charge in [-0.1, -0.05) is 0 Å². The van der Waals surface area contributed by atoms with Crippen LogP contribution in [0.15, 0.2) is 0 Å². The Morgan fingerprint density at radius 2 is 0.810 bits per heavy atom. The van der Waals surface area contributed by atoms with Gasteiger partial charge in [-0.2, -0.15) is 0 Å². The summed E-state index contributed by atoms with van der Waals surface area (Å²) in [4.78, 5) is 104. The molecular weight excluding hydrogens is 657 g/mol. The smallest absolute Gasteiger partial charge is 0.347 e. The van der Waals surface area contributed by atoms with Crippen molar-refractivity contribution in [2.75, 3.05) is 27.5 Å². The fraction of sp³-hybridized carbons (Fsp3) is 0.591. The van der Waals surface area contributed by atoms with Crippen LogP contribution in [-0.4, -0.2) is 105 Å². The van der Waals surface area contributed by atoms with Crippen molar-refractivity contribution in [3.8, 4) is 0 Å². The van der Waals surface area contributed by atoms with Crippen LogP contribution >= 0.6 is 0 Å². The summed E-state index contributed by atoms with van der Waals surface area (Å²) in [6.07, 6.45) is -7.19. The van der Waals surface area contributed by atoms with Crippen molar-refractivity contribution in [2.45, 2.75) is 58.3 Å². The van der Waals surface area contributed by atoms with Gasteiger partial charge in [-0.25, -0.2) is 14.4 Å². The van der Waals surface area contributed by atoms with Crippen LogP contribution in [0.1, 0.15) is 40.0 Å². The fourth-order valence-corrected chi connectivity index (χ4v) is 2.09. The molecule has 42 heavy (non-hydrogen) atoms. The maximum Gasteiger partial charge on any atom is 0.347 e. The van der Waals surface area contributed by atoms with Gasteiger partial charge in [0.15, 0.2) is 25.1 Å². The van der Waals surface area contributed by atoms with E-state index in [2.05, 4.69) is 33.2 Å². The molecule has 0 rings (SSSR count). The first-order valence-electron chi connectivity index (χ1n) is 11.3. The summed E-state index contributed by atoms with van der Waals surface area (Å²) in [5.41, 5.74) is 0.